The van der Waals surface area contributed by atoms with Gasteiger partial charge in [0, 0.05) is 12.8 Å². The second kappa shape index (κ2) is 10.3. The van der Waals surface area contributed by atoms with Crippen molar-refractivity contribution in [2.75, 3.05) is 13.4 Å². The van der Waals surface area contributed by atoms with E-state index >= 15 is 0 Å². The van der Waals surface area contributed by atoms with E-state index in [1.54, 1.807) is 58.0 Å². The number of carbonyl (C=O) groups is 5. The minimum atomic E-state index is -1.07. The minimum absolute atomic E-state index is 0.321. The fraction of sp³-hybridized carbons (Fsp3) is 0.542. The number of hydrogen-bond acceptors (Lipinski definition) is 9. The van der Waals surface area contributed by atoms with Gasteiger partial charge in [-0.2, -0.15) is 0 Å². The summed E-state index contributed by atoms with van der Waals surface area (Å²) in [6.07, 6.45) is -0.847. The molecule has 35 heavy (non-hydrogen) atoms. The van der Waals surface area contributed by atoms with Gasteiger partial charge in [-0.3, -0.25) is 19.2 Å². The van der Waals surface area contributed by atoms with Crippen molar-refractivity contribution < 1.29 is 42.9 Å². The fourth-order valence-electron chi connectivity index (χ4n) is 4.11. The predicted molar refractivity (Wildman–Crippen MR) is 120 cm³/mol. The summed E-state index contributed by atoms with van der Waals surface area (Å²) in [7, 11) is 0. The van der Waals surface area contributed by atoms with Crippen LogP contribution in [-0.4, -0.2) is 72.3 Å². The third-order valence-electron chi connectivity index (χ3n) is 5.81. The minimum Gasteiger partial charge on any atom is -0.484 e. The summed E-state index contributed by atoms with van der Waals surface area (Å²) in [5, 5.41) is 2.60. The van der Waals surface area contributed by atoms with Crippen molar-refractivity contribution in [2.24, 2.45) is 11.3 Å². The Balaban J connectivity index is 1.65. The van der Waals surface area contributed by atoms with Crippen molar-refractivity contribution in [1.82, 2.24) is 10.2 Å². The molecule has 0 aliphatic carbocycles. The Bertz CT molecular complexity index is 988. The lowest BCUT2D eigenvalue weighted by Crippen LogP contribution is -2.73. The predicted octanol–water partition coefficient (Wildman–Crippen LogP) is 0.801. The highest BCUT2D eigenvalue weighted by Gasteiger charge is 2.65. The van der Waals surface area contributed by atoms with Gasteiger partial charge in [0.1, 0.15) is 23.9 Å². The summed E-state index contributed by atoms with van der Waals surface area (Å²) >= 11 is 0. The number of nitrogens with one attached hydrogen (secondary N) is 1. The van der Waals surface area contributed by atoms with Gasteiger partial charge in [0.2, 0.25) is 12.7 Å². The second-order valence-electron chi connectivity index (χ2n) is 9.52. The molecule has 2 fully saturated rings. The molecule has 2 aliphatic rings. The van der Waals surface area contributed by atoms with Crippen LogP contribution in [0, 0.1) is 11.3 Å². The molecule has 2 aliphatic heterocycles. The quantitative estimate of drug-likeness (QED) is 0.319. The summed E-state index contributed by atoms with van der Waals surface area (Å²) in [5.74, 6) is -3.14. The van der Waals surface area contributed by atoms with E-state index in [9.17, 15) is 24.0 Å². The molecule has 190 valence electrons. The highest BCUT2D eigenvalue weighted by molar-refractivity contribution is 5.98. The van der Waals surface area contributed by atoms with E-state index in [4.69, 9.17) is 18.9 Å². The largest absolute Gasteiger partial charge is 0.484 e. The number of nitrogens with zero attached hydrogens (tertiary/aromatic N) is 1. The van der Waals surface area contributed by atoms with Crippen LogP contribution in [0.15, 0.2) is 30.3 Å². The van der Waals surface area contributed by atoms with Gasteiger partial charge in [-0.1, -0.05) is 25.1 Å². The molecule has 2 amide bonds. The SMILES string of the molecule is CC(=O)O[C@H]1[C@H](C)[C@H](C(=O)OCOC(=O)C(C)(C)C)N2C(=O)[C@@H](NC(=O)COc3ccccc3)[C@@H]12. The highest BCUT2D eigenvalue weighted by atomic mass is 16.7. The molecule has 2 heterocycles. The summed E-state index contributed by atoms with van der Waals surface area (Å²) < 4.78 is 20.9. The molecule has 5 atom stereocenters. The van der Waals surface area contributed by atoms with Crippen LogP contribution < -0.4 is 10.1 Å². The first kappa shape index (κ1) is 26.0. The zero-order chi connectivity index (χ0) is 25.9. The Morgan fingerprint density at radius 2 is 1.71 bits per heavy atom. The average Bonchev–Trinajstić information content (AvgIpc) is 3.04. The average molecular weight is 491 g/mol. The van der Waals surface area contributed by atoms with Gasteiger partial charge in [-0.05, 0) is 32.9 Å². The van der Waals surface area contributed by atoms with E-state index in [-0.39, 0.29) is 6.61 Å². The number of para-hydroxylation sites is 1. The Morgan fingerprint density at radius 3 is 2.31 bits per heavy atom. The van der Waals surface area contributed by atoms with E-state index in [1.165, 1.54) is 11.8 Å². The lowest BCUT2D eigenvalue weighted by molar-refractivity contribution is -0.180. The summed E-state index contributed by atoms with van der Waals surface area (Å²) in [6.45, 7) is 6.90. The molecule has 0 aromatic heterocycles. The number of ether oxygens (including phenoxy) is 4. The van der Waals surface area contributed by atoms with Gasteiger partial charge in [-0.25, -0.2) is 4.79 Å². The van der Waals surface area contributed by atoms with Crippen molar-refractivity contribution >= 4 is 29.7 Å². The summed E-state index contributed by atoms with van der Waals surface area (Å²) in [6, 6.07) is 5.88. The Kier molecular flexibility index (Phi) is 7.67. The topological polar surface area (TPSA) is 138 Å². The standard InChI is InChI=1S/C24H30N2O9/c1-13-18(22(30)33-12-34-23(31)24(3,4)5)26-19(20(13)35-14(2)27)17(21(26)29)25-16(28)11-32-15-9-7-6-8-10-15/h6-10,13,17-20H,11-12H2,1-5H3,(H,25,28)/t13-,17+,18-,19+,20+/m1/s1. The number of carbonyl (C=O) groups excluding carboxylic acids is 5. The lowest BCUT2D eigenvalue weighted by Gasteiger charge is -2.45. The number of rotatable bonds is 8. The monoisotopic (exact) mass is 490 g/mol. The molecule has 3 rings (SSSR count). The highest BCUT2D eigenvalue weighted by Crippen LogP contribution is 2.41. The summed E-state index contributed by atoms with van der Waals surface area (Å²) in [4.78, 5) is 62.9. The second-order valence-corrected chi connectivity index (χ2v) is 9.52. The first-order valence-electron chi connectivity index (χ1n) is 11.2. The molecule has 0 radical (unpaired) electrons. The van der Waals surface area contributed by atoms with Crippen molar-refractivity contribution in [1.29, 1.82) is 0 Å². The Labute approximate surface area is 203 Å². The lowest BCUT2D eigenvalue weighted by atomic mass is 9.91. The molecule has 2 saturated heterocycles. The first-order valence-corrected chi connectivity index (χ1v) is 11.2. The van der Waals surface area contributed by atoms with Crippen molar-refractivity contribution in [2.45, 2.75) is 58.8 Å². The van der Waals surface area contributed by atoms with E-state index in [2.05, 4.69) is 5.32 Å². The number of β-lactam (4-membered cyclic amide) rings is 1. The van der Waals surface area contributed by atoms with Crippen LogP contribution in [0.2, 0.25) is 0 Å². The van der Waals surface area contributed by atoms with Gasteiger partial charge in [0.05, 0.1) is 11.5 Å². The Hall–Kier alpha value is -3.63. The van der Waals surface area contributed by atoms with Crippen LogP contribution in [0.3, 0.4) is 0 Å². The maximum absolute atomic E-state index is 12.9. The smallest absolute Gasteiger partial charge is 0.332 e. The number of benzene rings is 1. The summed E-state index contributed by atoms with van der Waals surface area (Å²) in [5.41, 5.74) is -0.776. The van der Waals surface area contributed by atoms with Crippen LogP contribution >= 0.6 is 0 Å². The third kappa shape index (κ3) is 5.72. The van der Waals surface area contributed by atoms with Crippen molar-refractivity contribution in [3.05, 3.63) is 30.3 Å². The Morgan fingerprint density at radius 1 is 1.06 bits per heavy atom. The zero-order valence-corrected chi connectivity index (χ0v) is 20.3. The number of amides is 2. The van der Waals surface area contributed by atoms with E-state index < -0.39 is 72.1 Å². The van der Waals surface area contributed by atoms with Crippen LogP contribution in [0.1, 0.15) is 34.6 Å². The van der Waals surface area contributed by atoms with Gasteiger partial charge < -0.3 is 29.2 Å². The van der Waals surface area contributed by atoms with Gasteiger partial charge in [-0.15, -0.1) is 0 Å². The van der Waals surface area contributed by atoms with Crippen molar-refractivity contribution in [3.63, 3.8) is 0 Å². The molecule has 1 N–H and O–H groups in total. The molecule has 11 heteroatoms. The molecule has 1 aromatic rings. The molecule has 1 aromatic carbocycles. The first-order chi connectivity index (χ1) is 16.4. The van der Waals surface area contributed by atoms with Crippen LogP contribution in [0.25, 0.3) is 0 Å². The number of hydrogen-bond donors (Lipinski definition) is 1. The molecular weight excluding hydrogens is 460 g/mol. The molecule has 0 saturated carbocycles. The van der Waals surface area contributed by atoms with Gasteiger partial charge >= 0.3 is 17.9 Å². The number of fused-ring (bicyclic) bond motifs is 1. The van der Waals surface area contributed by atoms with Crippen LogP contribution in [-0.2, 0) is 38.2 Å². The van der Waals surface area contributed by atoms with Crippen LogP contribution in [0.5, 0.6) is 5.75 Å². The third-order valence-corrected chi connectivity index (χ3v) is 5.81. The van der Waals surface area contributed by atoms with Crippen molar-refractivity contribution in [3.8, 4) is 5.75 Å². The zero-order valence-electron chi connectivity index (χ0n) is 20.3. The van der Waals surface area contributed by atoms with E-state index in [0.29, 0.717) is 5.75 Å². The fourth-order valence-corrected chi connectivity index (χ4v) is 4.11. The van der Waals surface area contributed by atoms with Crippen LogP contribution in [0.4, 0.5) is 0 Å². The maximum atomic E-state index is 12.9. The maximum Gasteiger partial charge on any atom is 0.332 e. The number of esters is 3. The van der Waals surface area contributed by atoms with E-state index in [0.717, 1.165) is 0 Å². The molecule has 0 spiro atoms. The molecule has 0 bridgehead atoms. The molecular formula is C24H30N2O9. The normalized spacial score (nSPS) is 25.1. The van der Waals surface area contributed by atoms with E-state index in [1.807, 2.05) is 0 Å². The van der Waals surface area contributed by atoms with Gasteiger partial charge in [0.25, 0.3) is 5.91 Å². The molecule has 0 unspecified atom stereocenters. The molecule has 11 nitrogen and oxygen atoms in total. The van der Waals surface area contributed by atoms with Gasteiger partial charge in [0.15, 0.2) is 6.61 Å².